The van der Waals surface area contributed by atoms with Crippen LogP contribution in [0.1, 0.15) is 38.9 Å². The van der Waals surface area contributed by atoms with Crippen LogP contribution in [-0.2, 0) is 13.0 Å². The molecule has 0 fully saturated rings. The zero-order valence-electron chi connectivity index (χ0n) is 13.3. The molecule has 2 aromatic carbocycles. The number of hydrogen-bond donors (Lipinski definition) is 1. The van der Waals surface area contributed by atoms with Gasteiger partial charge in [-0.15, -0.1) is 0 Å². The van der Waals surface area contributed by atoms with Crippen molar-refractivity contribution >= 4 is 0 Å². The van der Waals surface area contributed by atoms with E-state index in [0.29, 0.717) is 0 Å². The summed E-state index contributed by atoms with van der Waals surface area (Å²) in [5, 5.41) is 3.19. The summed E-state index contributed by atoms with van der Waals surface area (Å²) >= 11 is 0. The van der Waals surface area contributed by atoms with Gasteiger partial charge in [-0.1, -0.05) is 30.3 Å². The van der Waals surface area contributed by atoms with Gasteiger partial charge in [0, 0.05) is 6.54 Å². The van der Waals surface area contributed by atoms with Crippen LogP contribution in [-0.4, -0.2) is 7.05 Å². The molecule has 0 saturated heterocycles. The van der Waals surface area contributed by atoms with Crippen LogP contribution in [0.3, 0.4) is 0 Å². The second kappa shape index (κ2) is 6.23. The van der Waals surface area contributed by atoms with Crippen LogP contribution in [0.5, 0.6) is 0 Å². The maximum atomic E-state index is 3.19. The van der Waals surface area contributed by atoms with Crippen molar-refractivity contribution in [3.63, 3.8) is 0 Å². The van der Waals surface area contributed by atoms with Gasteiger partial charge in [0.05, 0.1) is 0 Å². The molecule has 1 nitrogen and oxygen atoms in total. The predicted octanol–water partition coefficient (Wildman–Crippen LogP) is 4.23. The van der Waals surface area contributed by atoms with E-state index in [2.05, 4.69) is 63.3 Å². The molecule has 0 radical (unpaired) electrons. The summed E-state index contributed by atoms with van der Waals surface area (Å²) in [4.78, 5) is 0. The molecular formula is C19H25N. The Labute approximate surface area is 123 Å². The minimum atomic E-state index is 0.932. The topological polar surface area (TPSA) is 12.0 Å². The van der Waals surface area contributed by atoms with Gasteiger partial charge in [0.2, 0.25) is 0 Å². The van der Waals surface area contributed by atoms with E-state index in [-0.39, 0.29) is 0 Å². The van der Waals surface area contributed by atoms with Crippen molar-refractivity contribution < 1.29 is 0 Å². The van der Waals surface area contributed by atoms with E-state index in [1.807, 2.05) is 7.05 Å². The summed E-state index contributed by atoms with van der Waals surface area (Å²) in [5.74, 6) is 0. The predicted molar refractivity (Wildman–Crippen MR) is 87.4 cm³/mol. The lowest BCUT2D eigenvalue weighted by atomic mass is 9.90. The molecule has 106 valence electrons. The van der Waals surface area contributed by atoms with Crippen molar-refractivity contribution in [1.82, 2.24) is 5.32 Å². The van der Waals surface area contributed by atoms with Crippen LogP contribution in [0.25, 0.3) is 0 Å². The van der Waals surface area contributed by atoms with E-state index in [4.69, 9.17) is 0 Å². The molecule has 0 unspecified atom stereocenters. The molecule has 20 heavy (non-hydrogen) atoms. The van der Waals surface area contributed by atoms with E-state index in [9.17, 15) is 0 Å². The average molecular weight is 267 g/mol. The molecule has 2 aromatic rings. The lowest BCUT2D eigenvalue weighted by molar-refractivity contribution is 0.817. The monoisotopic (exact) mass is 267 g/mol. The zero-order chi connectivity index (χ0) is 14.7. The number of nitrogens with one attached hydrogen (secondary N) is 1. The minimum Gasteiger partial charge on any atom is -0.316 e. The molecule has 0 atom stereocenters. The summed E-state index contributed by atoms with van der Waals surface area (Å²) in [5.41, 5.74) is 9.89. The van der Waals surface area contributed by atoms with Crippen molar-refractivity contribution in [3.05, 3.63) is 69.3 Å². The highest BCUT2D eigenvalue weighted by molar-refractivity contribution is 5.46. The average Bonchev–Trinajstić information content (AvgIpc) is 2.43. The third kappa shape index (κ3) is 3.10. The molecule has 2 rings (SSSR count). The van der Waals surface area contributed by atoms with Crippen LogP contribution in [0, 0.1) is 27.7 Å². The first-order valence-electron chi connectivity index (χ1n) is 7.31. The minimum absolute atomic E-state index is 0.932. The largest absolute Gasteiger partial charge is 0.316 e. The SMILES string of the molecule is CNCc1ccc(Cc2c(C)c(C)cc(C)c2C)cc1. The van der Waals surface area contributed by atoms with E-state index in [0.717, 1.165) is 13.0 Å². The van der Waals surface area contributed by atoms with Crippen molar-refractivity contribution in [1.29, 1.82) is 0 Å². The van der Waals surface area contributed by atoms with Crippen LogP contribution in [0.2, 0.25) is 0 Å². The third-order valence-corrected chi connectivity index (χ3v) is 4.31. The van der Waals surface area contributed by atoms with Gasteiger partial charge in [-0.3, -0.25) is 0 Å². The van der Waals surface area contributed by atoms with Crippen LogP contribution >= 0.6 is 0 Å². The molecule has 0 spiro atoms. The van der Waals surface area contributed by atoms with E-state index < -0.39 is 0 Å². The van der Waals surface area contributed by atoms with E-state index >= 15 is 0 Å². The van der Waals surface area contributed by atoms with Gasteiger partial charge >= 0.3 is 0 Å². The Morgan fingerprint density at radius 3 is 1.80 bits per heavy atom. The Balaban J connectivity index is 2.30. The first-order valence-corrected chi connectivity index (χ1v) is 7.31. The summed E-state index contributed by atoms with van der Waals surface area (Å²) in [6.45, 7) is 9.84. The molecule has 0 heterocycles. The van der Waals surface area contributed by atoms with E-state index in [1.54, 1.807) is 0 Å². The Kier molecular flexibility index (Phi) is 4.61. The van der Waals surface area contributed by atoms with E-state index in [1.165, 1.54) is 38.9 Å². The fourth-order valence-corrected chi connectivity index (χ4v) is 2.75. The molecule has 0 aliphatic carbocycles. The molecule has 1 heteroatoms. The van der Waals surface area contributed by atoms with Crippen molar-refractivity contribution in [2.45, 2.75) is 40.7 Å². The van der Waals surface area contributed by atoms with Gasteiger partial charge in [0.25, 0.3) is 0 Å². The normalized spacial score (nSPS) is 10.8. The maximum Gasteiger partial charge on any atom is 0.0202 e. The van der Waals surface area contributed by atoms with Gasteiger partial charge in [0.1, 0.15) is 0 Å². The Hall–Kier alpha value is -1.60. The van der Waals surface area contributed by atoms with Gasteiger partial charge in [-0.05, 0) is 80.1 Å². The Morgan fingerprint density at radius 2 is 1.30 bits per heavy atom. The quantitative estimate of drug-likeness (QED) is 0.874. The fourth-order valence-electron chi connectivity index (χ4n) is 2.75. The maximum absolute atomic E-state index is 3.19. The molecule has 0 aromatic heterocycles. The van der Waals surface area contributed by atoms with Crippen LogP contribution in [0.4, 0.5) is 0 Å². The summed E-state index contributed by atoms with van der Waals surface area (Å²) < 4.78 is 0. The fraction of sp³-hybridized carbons (Fsp3) is 0.368. The molecule has 0 bridgehead atoms. The number of benzene rings is 2. The molecule has 1 N–H and O–H groups in total. The summed E-state index contributed by atoms with van der Waals surface area (Å²) in [6, 6.07) is 11.2. The third-order valence-electron chi connectivity index (χ3n) is 4.31. The van der Waals surface area contributed by atoms with Crippen molar-refractivity contribution in [2.75, 3.05) is 7.05 Å². The molecular weight excluding hydrogens is 242 g/mol. The molecule has 0 amide bonds. The number of hydrogen-bond acceptors (Lipinski definition) is 1. The zero-order valence-corrected chi connectivity index (χ0v) is 13.3. The van der Waals surface area contributed by atoms with Gasteiger partial charge < -0.3 is 5.32 Å². The highest BCUT2D eigenvalue weighted by Crippen LogP contribution is 2.24. The molecule has 0 aliphatic rings. The number of aryl methyl sites for hydroxylation is 2. The highest BCUT2D eigenvalue weighted by Gasteiger charge is 2.09. The lowest BCUT2D eigenvalue weighted by Crippen LogP contribution is -2.05. The van der Waals surface area contributed by atoms with Crippen molar-refractivity contribution in [3.8, 4) is 0 Å². The number of rotatable bonds is 4. The van der Waals surface area contributed by atoms with Crippen LogP contribution < -0.4 is 5.32 Å². The second-order valence-corrected chi connectivity index (χ2v) is 5.76. The second-order valence-electron chi connectivity index (χ2n) is 5.76. The van der Waals surface area contributed by atoms with Gasteiger partial charge in [-0.25, -0.2) is 0 Å². The first kappa shape index (κ1) is 14.8. The van der Waals surface area contributed by atoms with Crippen molar-refractivity contribution in [2.24, 2.45) is 0 Å². The smallest absolute Gasteiger partial charge is 0.0202 e. The Bertz CT molecular complexity index is 568. The molecule has 0 saturated carbocycles. The van der Waals surface area contributed by atoms with Gasteiger partial charge in [0.15, 0.2) is 0 Å². The van der Waals surface area contributed by atoms with Gasteiger partial charge in [-0.2, -0.15) is 0 Å². The summed E-state index contributed by atoms with van der Waals surface area (Å²) in [7, 11) is 1.98. The highest BCUT2D eigenvalue weighted by atomic mass is 14.8. The lowest BCUT2D eigenvalue weighted by Gasteiger charge is -2.15. The van der Waals surface area contributed by atoms with Crippen LogP contribution in [0.15, 0.2) is 30.3 Å². The standard InChI is InChI=1S/C19H25N/c1-13-10-14(2)16(4)19(15(13)3)11-17-6-8-18(9-7-17)12-20-5/h6-10,20H,11-12H2,1-5H3. The Morgan fingerprint density at radius 1 is 0.800 bits per heavy atom. The first-order chi connectivity index (χ1) is 9.52. The molecule has 0 aliphatic heterocycles. The summed E-state index contributed by atoms with van der Waals surface area (Å²) in [6.07, 6.45) is 1.03.